The standard InChI is InChI=1S/C9H9O/c1-8(10)7-9-5-3-2-4-6-9/h2-7,10H,1H2. The first-order chi connectivity index (χ1) is 4.79. The second kappa shape index (κ2) is 3.06. The molecule has 0 fully saturated rings. The zero-order valence-electron chi connectivity index (χ0n) is 5.62. The van der Waals surface area contributed by atoms with Crippen molar-refractivity contribution in [2.75, 3.05) is 0 Å². The van der Waals surface area contributed by atoms with Crippen LogP contribution in [0, 0.1) is 6.42 Å². The van der Waals surface area contributed by atoms with Gasteiger partial charge in [-0.25, -0.2) is 0 Å². The summed E-state index contributed by atoms with van der Waals surface area (Å²) >= 11 is 0. The summed E-state index contributed by atoms with van der Waals surface area (Å²) in [5, 5.41) is 8.76. The smallest absolute Gasteiger partial charge is 0.0936 e. The Morgan fingerprint density at radius 1 is 1.30 bits per heavy atom. The molecule has 0 amide bonds. The van der Waals surface area contributed by atoms with Gasteiger partial charge in [-0.3, -0.25) is 0 Å². The molecule has 1 nitrogen and oxygen atoms in total. The predicted molar refractivity (Wildman–Crippen MR) is 41.6 cm³/mol. The molecule has 1 N–H and O–H groups in total. The molecule has 0 aliphatic carbocycles. The highest BCUT2D eigenvalue weighted by atomic mass is 16.3. The van der Waals surface area contributed by atoms with Gasteiger partial charge in [-0.2, -0.15) is 0 Å². The van der Waals surface area contributed by atoms with E-state index in [9.17, 15) is 0 Å². The van der Waals surface area contributed by atoms with Crippen LogP contribution in [0.25, 0.3) is 0 Å². The van der Waals surface area contributed by atoms with Crippen LogP contribution in [0.1, 0.15) is 5.56 Å². The normalized spacial score (nSPS) is 9.20. The fourth-order valence-electron chi connectivity index (χ4n) is 0.742. The SMILES string of the molecule is C=C(O)[CH]c1ccccc1. The van der Waals surface area contributed by atoms with Gasteiger partial charge in [0, 0.05) is 0 Å². The van der Waals surface area contributed by atoms with Gasteiger partial charge in [-0.05, 0) is 5.56 Å². The summed E-state index contributed by atoms with van der Waals surface area (Å²) in [5.41, 5.74) is 0.968. The van der Waals surface area contributed by atoms with Gasteiger partial charge >= 0.3 is 0 Å². The average molecular weight is 133 g/mol. The van der Waals surface area contributed by atoms with Crippen LogP contribution in [-0.4, -0.2) is 5.11 Å². The van der Waals surface area contributed by atoms with E-state index in [1.165, 1.54) is 0 Å². The first kappa shape index (κ1) is 6.87. The lowest BCUT2D eigenvalue weighted by atomic mass is 10.1. The maximum absolute atomic E-state index is 8.76. The second-order valence-corrected chi connectivity index (χ2v) is 2.05. The minimum atomic E-state index is 0.0891. The second-order valence-electron chi connectivity index (χ2n) is 2.05. The van der Waals surface area contributed by atoms with Crippen molar-refractivity contribution in [3.63, 3.8) is 0 Å². The maximum atomic E-state index is 8.76. The van der Waals surface area contributed by atoms with Crippen molar-refractivity contribution in [2.45, 2.75) is 0 Å². The lowest BCUT2D eigenvalue weighted by molar-refractivity contribution is 0.426. The average Bonchev–Trinajstić information content (AvgIpc) is 1.88. The Labute approximate surface area is 60.6 Å². The molecule has 0 spiro atoms. The van der Waals surface area contributed by atoms with Gasteiger partial charge in [0.25, 0.3) is 0 Å². The third kappa shape index (κ3) is 1.94. The lowest BCUT2D eigenvalue weighted by Crippen LogP contribution is -1.82. The Balaban J connectivity index is 2.67. The molecule has 0 bridgehead atoms. The summed E-state index contributed by atoms with van der Waals surface area (Å²) in [5.74, 6) is 0.0891. The molecule has 1 aromatic rings. The molecule has 0 unspecified atom stereocenters. The van der Waals surface area contributed by atoms with Gasteiger partial charge in [0.1, 0.15) is 0 Å². The number of aliphatic hydroxyl groups excluding tert-OH is 1. The van der Waals surface area contributed by atoms with E-state index in [1.54, 1.807) is 6.42 Å². The molecule has 0 saturated carbocycles. The molecule has 51 valence electrons. The van der Waals surface area contributed by atoms with Crippen LogP contribution in [0.2, 0.25) is 0 Å². The monoisotopic (exact) mass is 133 g/mol. The largest absolute Gasteiger partial charge is 0.512 e. The van der Waals surface area contributed by atoms with Gasteiger partial charge in [0.2, 0.25) is 0 Å². The van der Waals surface area contributed by atoms with Gasteiger partial charge < -0.3 is 5.11 Å². The number of aliphatic hydroxyl groups is 1. The number of allylic oxidation sites excluding steroid dienone is 1. The fourth-order valence-corrected chi connectivity index (χ4v) is 0.742. The Morgan fingerprint density at radius 3 is 2.40 bits per heavy atom. The van der Waals surface area contributed by atoms with Crippen molar-refractivity contribution in [3.8, 4) is 0 Å². The van der Waals surface area contributed by atoms with E-state index < -0.39 is 0 Å². The first-order valence-electron chi connectivity index (χ1n) is 3.07. The number of hydrogen-bond acceptors (Lipinski definition) is 1. The third-order valence-electron chi connectivity index (χ3n) is 1.13. The highest BCUT2D eigenvalue weighted by Crippen LogP contribution is 2.05. The van der Waals surface area contributed by atoms with Crippen LogP contribution in [0.15, 0.2) is 42.7 Å². The molecule has 10 heavy (non-hydrogen) atoms. The summed E-state index contributed by atoms with van der Waals surface area (Å²) < 4.78 is 0. The predicted octanol–water partition coefficient (Wildman–Crippen LogP) is 2.31. The molecule has 1 rings (SSSR count). The topological polar surface area (TPSA) is 20.2 Å². The highest BCUT2D eigenvalue weighted by molar-refractivity contribution is 5.28. The molecule has 0 aliphatic rings. The molecule has 0 aliphatic heterocycles. The van der Waals surface area contributed by atoms with Crippen molar-refractivity contribution in [2.24, 2.45) is 0 Å². The third-order valence-corrected chi connectivity index (χ3v) is 1.13. The summed E-state index contributed by atoms with van der Waals surface area (Å²) in [7, 11) is 0. The lowest BCUT2D eigenvalue weighted by Gasteiger charge is -1.95. The molecule has 1 heteroatoms. The van der Waals surface area contributed by atoms with Crippen molar-refractivity contribution in [1.82, 2.24) is 0 Å². The fraction of sp³-hybridized carbons (Fsp3) is 0. The van der Waals surface area contributed by atoms with E-state index in [-0.39, 0.29) is 5.76 Å². The maximum Gasteiger partial charge on any atom is 0.0936 e. The minimum absolute atomic E-state index is 0.0891. The van der Waals surface area contributed by atoms with Crippen LogP contribution < -0.4 is 0 Å². The van der Waals surface area contributed by atoms with Crippen LogP contribution in [0.4, 0.5) is 0 Å². The summed E-state index contributed by atoms with van der Waals surface area (Å²) in [6, 6.07) is 9.56. The minimum Gasteiger partial charge on any atom is -0.512 e. The van der Waals surface area contributed by atoms with Gasteiger partial charge in [0.15, 0.2) is 0 Å². The van der Waals surface area contributed by atoms with Gasteiger partial charge in [0.05, 0.1) is 12.2 Å². The van der Waals surface area contributed by atoms with Gasteiger partial charge in [-0.1, -0.05) is 36.9 Å². The Morgan fingerprint density at radius 2 is 1.90 bits per heavy atom. The molecule has 0 saturated heterocycles. The highest BCUT2D eigenvalue weighted by Gasteiger charge is 1.91. The summed E-state index contributed by atoms with van der Waals surface area (Å²) in [6.45, 7) is 3.35. The summed E-state index contributed by atoms with van der Waals surface area (Å²) in [6.07, 6.45) is 1.61. The van der Waals surface area contributed by atoms with Crippen molar-refractivity contribution in [1.29, 1.82) is 0 Å². The quantitative estimate of drug-likeness (QED) is 0.614. The van der Waals surface area contributed by atoms with E-state index in [4.69, 9.17) is 5.11 Å². The van der Waals surface area contributed by atoms with Crippen molar-refractivity contribution >= 4 is 0 Å². The zero-order chi connectivity index (χ0) is 7.40. The zero-order valence-corrected chi connectivity index (χ0v) is 5.62. The van der Waals surface area contributed by atoms with Gasteiger partial charge in [-0.15, -0.1) is 0 Å². The van der Waals surface area contributed by atoms with E-state index in [0.717, 1.165) is 5.56 Å². The van der Waals surface area contributed by atoms with Crippen LogP contribution in [0.3, 0.4) is 0 Å². The van der Waals surface area contributed by atoms with Crippen molar-refractivity contribution in [3.05, 3.63) is 54.7 Å². The van der Waals surface area contributed by atoms with E-state index in [0.29, 0.717) is 0 Å². The van der Waals surface area contributed by atoms with Crippen LogP contribution in [0.5, 0.6) is 0 Å². The number of hydrogen-bond donors (Lipinski definition) is 1. The number of benzene rings is 1. The van der Waals surface area contributed by atoms with E-state index in [1.807, 2.05) is 30.3 Å². The number of rotatable bonds is 2. The first-order valence-corrected chi connectivity index (χ1v) is 3.07. The molecule has 1 radical (unpaired) electrons. The summed E-state index contributed by atoms with van der Waals surface area (Å²) in [4.78, 5) is 0. The molecule has 0 heterocycles. The van der Waals surface area contributed by atoms with Crippen LogP contribution in [-0.2, 0) is 0 Å². The molecule has 1 aromatic carbocycles. The van der Waals surface area contributed by atoms with Crippen molar-refractivity contribution < 1.29 is 5.11 Å². The molecule has 0 aromatic heterocycles. The Hall–Kier alpha value is -1.24. The molecular weight excluding hydrogens is 124 g/mol. The van der Waals surface area contributed by atoms with Crippen LogP contribution >= 0.6 is 0 Å². The van der Waals surface area contributed by atoms with E-state index >= 15 is 0 Å². The Bertz CT molecular complexity index is 213. The molecular formula is C9H9O. The Kier molecular flexibility index (Phi) is 2.11. The van der Waals surface area contributed by atoms with E-state index in [2.05, 4.69) is 6.58 Å². The molecule has 0 atom stereocenters.